The first-order chi connectivity index (χ1) is 9.28. The lowest BCUT2D eigenvalue weighted by Crippen LogP contribution is -2.43. The Morgan fingerprint density at radius 2 is 1.90 bits per heavy atom. The Bertz CT molecular complexity index is 508. The number of pyridine rings is 1. The molecule has 6 heteroatoms. The fraction of sp³-hybridized carbons (Fsp3) is 0.571. The van der Waals surface area contributed by atoms with Crippen LogP contribution in [0.25, 0.3) is 0 Å². The van der Waals surface area contributed by atoms with Crippen LogP contribution in [0.2, 0.25) is 0 Å². The number of hydrogen-bond donors (Lipinski definition) is 1. The molecule has 2 rings (SSSR count). The molecular weight excluding hydrogens is 266 g/mol. The van der Waals surface area contributed by atoms with Crippen molar-refractivity contribution in [3.63, 3.8) is 0 Å². The highest BCUT2D eigenvalue weighted by Crippen LogP contribution is 2.47. The van der Waals surface area contributed by atoms with Crippen molar-refractivity contribution in [2.45, 2.75) is 37.0 Å². The second-order valence-electron chi connectivity index (χ2n) is 5.51. The molecule has 0 atom stereocenters. The van der Waals surface area contributed by atoms with Gasteiger partial charge in [0.25, 0.3) is 0 Å². The largest absolute Gasteiger partial charge is 0.481 e. The number of carbonyl (C=O) groups is 1. The molecule has 1 heterocycles. The fourth-order valence-electron chi connectivity index (χ4n) is 2.77. The van der Waals surface area contributed by atoms with Gasteiger partial charge in [-0.3, -0.25) is 4.79 Å². The molecule has 1 fully saturated rings. The van der Waals surface area contributed by atoms with Gasteiger partial charge in [0.15, 0.2) is 0 Å². The van der Waals surface area contributed by atoms with Crippen molar-refractivity contribution in [3.05, 3.63) is 23.9 Å². The lowest BCUT2D eigenvalue weighted by atomic mass is 9.68. The summed E-state index contributed by atoms with van der Waals surface area (Å²) in [6.07, 6.45) is 0.637. The number of nitrogens with zero attached hydrogens (tertiary/aromatic N) is 2. The van der Waals surface area contributed by atoms with Gasteiger partial charge < -0.3 is 10.0 Å². The smallest absolute Gasteiger partial charge is 0.314 e. The van der Waals surface area contributed by atoms with Crippen LogP contribution in [0.5, 0.6) is 0 Å². The molecule has 1 saturated carbocycles. The number of carboxylic acids is 1. The topological polar surface area (TPSA) is 53.4 Å². The summed E-state index contributed by atoms with van der Waals surface area (Å²) in [7, 11) is 3.53. The van der Waals surface area contributed by atoms with E-state index in [1.807, 2.05) is 0 Å². The maximum absolute atomic E-state index is 13.4. The summed E-state index contributed by atoms with van der Waals surface area (Å²) in [6.45, 7) is 0. The van der Waals surface area contributed by atoms with Gasteiger partial charge in [-0.05, 0) is 18.9 Å². The first-order valence-electron chi connectivity index (χ1n) is 6.53. The molecule has 20 heavy (non-hydrogen) atoms. The second kappa shape index (κ2) is 5.00. The predicted octanol–water partition coefficient (Wildman–Crippen LogP) is 2.68. The van der Waals surface area contributed by atoms with E-state index in [0.717, 1.165) is 0 Å². The molecule has 1 aromatic rings. The molecular formula is C14H18F2N2O2. The minimum Gasteiger partial charge on any atom is -0.481 e. The third-order valence-corrected chi connectivity index (χ3v) is 3.97. The van der Waals surface area contributed by atoms with Crippen LogP contribution in [0.15, 0.2) is 18.3 Å². The molecule has 0 aliphatic heterocycles. The van der Waals surface area contributed by atoms with Gasteiger partial charge in [0.05, 0.1) is 5.41 Å². The number of hydrogen-bond acceptors (Lipinski definition) is 3. The van der Waals surface area contributed by atoms with Gasteiger partial charge in [0.1, 0.15) is 5.82 Å². The van der Waals surface area contributed by atoms with Crippen molar-refractivity contribution < 1.29 is 18.7 Å². The Labute approximate surface area is 116 Å². The maximum Gasteiger partial charge on any atom is 0.314 e. The van der Waals surface area contributed by atoms with Crippen molar-refractivity contribution in [1.82, 2.24) is 4.98 Å². The monoisotopic (exact) mass is 284 g/mol. The van der Waals surface area contributed by atoms with Gasteiger partial charge in [-0.15, -0.1) is 0 Å². The van der Waals surface area contributed by atoms with E-state index in [9.17, 15) is 18.7 Å². The maximum atomic E-state index is 13.4. The molecule has 0 amide bonds. The van der Waals surface area contributed by atoms with Gasteiger partial charge in [-0.25, -0.2) is 13.8 Å². The van der Waals surface area contributed by atoms with Gasteiger partial charge in [-0.1, -0.05) is 6.07 Å². The zero-order chi connectivity index (χ0) is 15.0. The summed E-state index contributed by atoms with van der Waals surface area (Å²) in [6, 6.07) is 3.33. The lowest BCUT2D eigenvalue weighted by Gasteiger charge is -2.38. The zero-order valence-electron chi connectivity index (χ0n) is 11.6. The second-order valence-corrected chi connectivity index (χ2v) is 5.51. The average Bonchev–Trinajstić information content (AvgIpc) is 2.39. The number of carboxylic acid groups (broad SMARTS) is 1. The van der Waals surface area contributed by atoms with E-state index in [1.54, 1.807) is 37.3 Å². The standard InChI is InChI=1S/C14H18F2N2O2/c1-18(2)11-10(4-3-9-17-11)13(12(19)20)5-7-14(15,16)8-6-13/h3-4,9H,5-8H2,1-2H3,(H,19,20). The Kier molecular flexibility index (Phi) is 3.67. The molecule has 4 nitrogen and oxygen atoms in total. The van der Waals surface area contributed by atoms with Gasteiger partial charge >= 0.3 is 5.97 Å². The van der Waals surface area contributed by atoms with Crippen LogP contribution in [0, 0.1) is 0 Å². The molecule has 1 aliphatic carbocycles. The van der Waals surface area contributed by atoms with E-state index in [-0.39, 0.29) is 12.8 Å². The zero-order valence-corrected chi connectivity index (χ0v) is 11.6. The minimum atomic E-state index is -2.76. The highest BCUT2D eigenvalue weighted by atomic mass is 19.3. The number of aromatic nitrogens is 1. The van der Waals surface area contributed by atoms with E-state index in [1.165, 1.54) is 0 Å². The number of aliphatic carboxylic acids is 1. The molecule has 0 bridgehead atoms. The molecule has 0 radical (unpaired) electrons. The first-order valence-corrected chi connectivity index (χ1v) is 6.53. The number of alkyl halides is 2. The van der Waals surface area contributed by atoms with Crippen LogP contribution in [-0.4, -0.2) is 36.1 Å². The highest BCUT2D eigenvalue weighted by Gasteiger charge is 2.50. The van der Waals surface area contributed by atoms with Crippen LogP contribution in [-0.2, 0) is 10.2 Å². The number of halogens is 2. The van der Waals surface area contributed by atoms with Crippen LogP contribution < -0.4 is 4.90 Å². The number of rotatable bonds is 3. The molecule has 110 valence electrons. The van der Waals surface area contributed by atoms with E-state index in [0.29, 0.717) is 11.4 Å². The average molecular weight is 284 g/mol. The van der Waals surface area contributed by atoms with Crippen LogP contribution in [0.3, 0.4) is 0 Å². The normalized spacial score (nSPS) is 20.4. The summed E-state index contributed by atoms with van der Waals surface area (Å²) in [4.78, 5) is 17.7. The molecule has 0 spiro atoms. The molecule has 0 saturated heterocycles. The van der Waals surface area contributed by atoms with Crippen LogP contribution in [0.4, 0.5) is 14.6 Å². The quantitative estimate of drug-likeness (QED) is 0.927. The molecule has 0 unspecified atom stereocenters. The fourth-order valence-corrected chi connectivity index (χ4v) is 2.77. The Morgan fingerprint density at radius 1 is 1.30 bits per heavy atom. The Hall–Kier alpha value is -1.72. The van der Waals surface area contributed by atoms with Gasteiger partial charge in [0, 0.05) is 38.7 Å². The molecule has 1 N–H and O–H groups in total. The summed E-state index contributed by atoms with van der Waals surface area (Å²) < 4.78 is 26.7. The molecule has 0 aromatic carbocycles. The van der Waals surface area contributed by atoms with E-state index in [2.05, 4.69) is 4.98 Å². The summed E-state index contributed by atoms with van der Waals surface area (Å²) in [5.41, 5.74) is -0.747. The third-order valence-electron chi connectivity index (χ3n) is 3.97. The van der Waals surface area contributed by atoms with Crippen LogP contribution in [0.1, 0.15) is 31.2 Å². The number of anilines is 1. The lowest BCUT2D eigenvalue weighted by molar-refractivity contribution is -0.149. The van der Waals surface area contributed by atoms with Crippen molar-refractivity contribution in [3.8, 4) is 0 Å². The highest BCUT2D eigenvalue weighted by molar-refractivity contribution is 5.83. The van der Waals surface area contributed by atoms with E-state index >= 15 is 0 Å². The Morgan fingerprint density at radius 3 is 2.40 bits per heavy atom. The Balaban J connectivity index is 2.48. The van der Waals surface area contributed by atoms with Gasteiger partial charge in [-0.2, -0.15) is 0 Å². The summed E-state index contributed by atoms with van der Waals surface area (Å²) >= 11 is 0. The van der Waals surface area contributed by atoms with Crippen molar-refractivity contribution >= 4 is 11.8 Å². The van der Waals surface area contributed by atoms with Crippen LogP contribution >= 0.6 is 0 Å². The minimum absolute atomic E-state index is 0.0676. The van der Waals surface area contributed by atoms with Crippen molar-refractivity contribution in [2.75, 3.05) is 19.0 Å². The van der Waals surface area contributed by atoms with Gasteiger partial charge in [0.2, 0.25) is 5.92 Å². The van der Waals surface area contributed by atoms with Crippen molar-refractivity contribution in [1.29, 1.82) is 0 Å². The van der Waals surface area contributed by atoms with Crippen molar-refractivity contribution in [2.24, 2.45) is 0 Å². The SMILES string of the molecule is CN(C)c1ncccc1C1(C(=O)O)CCC(F)(F)CC1. The van der Waals surface area contributed by atoms with E-state index < -0.39 is 30.1 Å². The first kappa shape index (κ1) is 14.7. The molecule has 1 aliphatic rings. The summed E-state index contributed by atoms with van der Waals surface area (Å²) in [5.74, 6) is -3.29. The summed E-state index contributed by atoms with van der Waals surface area (Å²) in [5, 5.41) is 9.63. The molecule has 1 aromatic heterocycles. The predicted molar refractivity (Wildman–Crippen MR) is 71.3 cm³/mol. The third kappa shape index (κ3) is 2.46. The van der Waals surface area contributed by atoms with E-state index in [4.69, 9.17) is 0 Å².